The second-order valence-electron chi connectivity index (χ2n) is 4.52. The lowest BCUT2D eigenvalue weighted by atomic mass is 10.0. The summed E-state index contributed by atoms with van der Waals surface area (Å²) < 4.78 is 5.73. The van der Waals surface area contributed by atoms with Crippen LogP contribution in [0, 0.1) is 0 Å². The Balaban J connectivity index is 1.91. The van der Waals surface area contributed by atoms with Crippen LogP contribution in [0.3, 0.4) is 0 Å². The van der Waals surface area contributed by atoms with Gasteiger partial charge in [0.25, 0.3) is 0 Å². The molecule has 2 unspecified atom stereocenters. The maximum absolute atomic E-state index is 5.73. The molecule has 4 nitrogen and oxygen atoms in total. The van der Waals surface area contributed by atoms with Gasteiger partial charge in [0, 0.05) is 12.5 Å². The zero-order chi connectivity index (χ0) is 11.4. The number of rotatable bonds is 4. The average Bonchev–Trinajstić information content (AvgIpc) is 2.78. The molecule has 1 fully saturated rings. The fourth-order valence-corrected chi connectivity index (χ4v) is 2.07. The van der Waals surface area contributed by atoms with Gasteiger partial charge in [-0.15, -0.1) is 0 Å². The van der Waals surface area contributed by atoms with Gasteiger partial charge in [0.05, 0.1) is 12.2 Å². The summed E-state index contributed by atoms with van der Waals surface area (Å²) in [6.45, 7) is 3.20. The van der Waals surface area contributed by atoms with Gasteiger partial charge in [-0.05, 0) is 33.4 Å². The summed E-state index contributed by atoms with van der Waals surface area (Å²) in [6.07, 6.45) is 6.59. The Morgan fingerprint density at radius 3 is 3.19 bits per heavy atom. The van der Waals surface area contributed by atoms with Crippen molar-refractivity contribution >= 4 is 0 Å². The highest BCUT2D eigenvalue weighted by atomic mass is 16.4. The van der Waals surface area contributed by atoms with Gasteiger partial charge in [-0.25, -0.2) is 4.98 Å². The van der Waals surface area contributed by atoms with E-state index in [0.29, 0.717) is 6.04 Å². The van der Waals surface area contributed by atoms with Gasteiger partial charge < -0.3 is 15.1 Å². The summed E-state index contributed by atoms with van der Waals surface area (Å²) in [5.41, 5.74) is 0. The lowest BCUT2D eigenvalue weighted by molar-refractivity contribution is 0.351. The Labute approximate surface area is 96.8 Å². The second-order valence-corrected chi connectivity index (χ2v) is 4.52. The van der Waals surface area contributed by atoms with Crippen LogP contribution in [0.5, 0.6) is 0 Å². The highest BCUT2D eigenvalue weighted by molar-refractivity contribution is 5.00. The lowest BCUT2D eigenvalue weighted by Crippen LogP contribution is -2.35. The van der Waals surface area contributed by atoms with E-state index in [9.17, 15) is 0 Å². The topological polar surface area (TPSA) is 50.1 Å². The van der Waals surface area contributed by atoms with Gasteiger partial charge in [0.15, 0.2) is 5.89 Å². The molecule has 1 saturated heterocycles. The standard InChI is InChI=1S/C12H21N3O/c1-9(13-2)11-8-15-12(16-11)7-10-5-3-4-6-14-10/h8-10,13-14H,3-7H2,1-2H3. The van der Waals surface area contributed by atoms with Crippen LogP contribution in [0.15, 0.2) is 10.6 Å². The molecule has 1 aliphatic rings. The molecular formula is C12H21N3O. The maximum atomic E-state index is 5.73. The fraction of sp³-hybridized carbons (Fsp3) is 0.750. The van der Waals surface area contributed by atoms with Crippen LogP contribution >= 0.6 is 0 Å². The van der Waals surface area contributed by atoms with Gasteiger partial charge >= 0.3 is 0 Å². The summed E-state index contributed by atoms with van der Waals surface area (Å²) in [6, 6.07) is 0.783. The minimum atomic E-state index is 0.237. The van der Waals surface area contributed by atoms with Gasteiger partial charge in [0.1, 0.15) is 5.76 Å². The van der Waals surface area contributed by atoms with Crippen molar-refractivity contribution in [2.24, 2.45) is 0 Å². The first-order valence-corrected chi connectivity index (χ1v) is 6.15. The Bertz CT molecular complexity index is 318. The van der Waals surface area contributed by atoms with E-state index in [2.05, 4.69) is 22.5 Å². The smallest absolute Gasteiger partial charge is 0.195 e. The summed E-state index contributed by atoms with van der Waals surface area (Å²) in [4.78, 5) is 4.33. The van der Waals surface area contributed by atoms with E-state index >= 15 is 0 Å². The molecule has 2 atom stereocenters. The SMILES string of the molecule is CNC(C)c1cnc(CC2CCCCN2)o1. The Morgan fingerprint density at radius 2 is 2.50 bits per heavy atom. The van der Waals surface area contributed by atoms with Crippen LogP contribution in [0.25, 0.3) is 0 Å². The van der Waals surface area contributed by atoms with E-state index in [1.807, 2.05) is 13.2 Å². The maximum Gasteiger partial charge on any atom is 0.195 e. The number of hydrogen-bond acceptors (Lipinski definition) is 4. The zero-order valence-corrected chi connectivity index (χ0v) is 10.1. The van der Waals surface area contributed by atoms with Crippen LogP contribution in [0.2, 0.25) is 0 Å². The normalized spacial score (nSPS) is 23.2. The van der Waals surface area contributed by atoms with Crippen molar-refractivity contribution < 1.29 is 4.42 Å². The molecule has 1 aromatic heterocycles. The molecule has 0 saturated carbocycles. The van der Waals surface area contributed by atoms with Crippen LogP contribution in [0.4, 0.5) is 0 Å². The van der Waals surface area contributed by atoms with Crippen molar-refractivity contribution in [1.82, 2.24) is 15.6 Å². The van der Waals surface area contributed by atoms with E-state index in [-0.39, 0.29) is 6.04 Å². The summed E-state index contributed by atoms with van der Waals surface area (Å²) in [5, 5.41) is 6.65. The fourth-order valence-electron chi connectivity index (χ4n) is 2.07. The minimum Gasteiger partial charge on any atom is -0.444 e. The molecule has 0 bridgehead atoms. The van der Waals surface area contributed by atoms with Crippen LogP contribution in [-0.4, -0.2) is 24.6 Å². The molecular weight excluding hydrogens is 202 g/mol. The predicted molar refractivity (Wildman–Crippen MR) is 63.3 cm³/mol. The number of nitrogens with one attached hydrogen (secondary N) is 2. The monoisotopic (exact) mass is 223 g/mol. The summed E-state index contributed by atoms with van der Waals surface area (Å²) >= 11 is 0. The molecule has 1 aliphatic heterocycles. The first-order valence-electron chi connectivity index (χ1n) is 6.15. The molecule has 4 heteroatoms. The van der Waals surface area contributed by atoms with Crippen LogP contribution in [-0.2, 0) is 6.42 Å². The van der Waals surface area contributed by atoms with E-state index in [1.54, 1.807) is 0 Å². The molecule has 2 rings (SSSR count). The van der Waals surface area contributed by atoms with Gasteiger partial charge in [-0.1, -0.05) is 6.42 Å². The van der Waals surface area contributed by atoms with Gasteiger partial charge in [-0.3, -0.25) is 0 Å². The third-order valence-electron chi connectivity index (χ3n) is 3.26. The zero-order valence-electron chi connectivity index (χ0n) is 10.1. The van der Waals surface area contributed by atoms with Crippen molar-refractivity contribution in [3.05, 3.63) is 17.8 Å². The van der Waals surface area contributed by atoms with E-state index in [4.69, 9.17) is 4.42 Å². The quantitative estimate of drug-likeness (QED) is 0.814. The Morgan fingerprint density at radius 1 is 1.62 bits per heavy atom. The van der Waals surface area contributed by atoms with Gasteiger partial charge in [-0.2, -0.15) is 0 Å². The molecule has 1 aromatic rings. The highest BCUT2D eigenvalue weighted by Gasteiger charge is 2.16. The summed E-state index contributed by atoms with van der Waals surface area (Å²) in [5.74, 6) is 1.78. The lowest BCUT2D eigenvalue weighted by Gasteiger charge is -2.21. The number of oxazole rings is 1. The number of aromatic nitrogens is 1. The van der Waals surface area contributed by atoms with E-state index < -0.39 is 0 Å². The van der Waals surface area contributed by atoms with Crippen molar-refractivity contribution in [3.8, 4) is 0 Å². The molecule has 0 radical (unpaired) electrons. The third-order valence-corrected chi connectivity index (χ3v) is 3.26. The Hall–Kier alpha value is -0.870. The van der Waals surface area contributed by atoms with Gasteiger partial charge in [0.2, 0.25) is 0 Å². The number of piperidine rings is 1. The number of hydrogen-bond donors (Lipinski definition) is 2. The third kappa shape index (κ3) is 2.83. The molecule has 2 N–H and O–H groups in total. The molecule has 2 heterocycles. The van der Waals surface area contributed by atoms with E-state index in [1.165, 1.54) is 19.3 Å². The molecule has 16 heavy (non-hydrogen) atoms. The average molecular weight is 223 g/mol. The van der Waals surface area contributed by atoms with E-state index in [0.717, 1.165) is 24.6 Å². The predicted octanol–water partition coefficient (Wildman–Crippen LogP) is 1.64. The Kier molecular flexibility index (Phi) is 3.96. The summed E-state index contributed by atoms with van der Waals surface area (Å²) in [7, 11) is 1.93. The van der Waals surface area contributed by atoms with Crippen molar-refractivity contribution in [3.63, 3.8) is 0 Å². The minimum absolute atomic E-state index is 0.237. The first-order chi connectivity index (χ1) is 7.79. The largest absolute Gasteiger partial charge is 0.444 e. The molecule has 0 aromatic carbocycles. The van der Waals surface area contributed by atoms with Crippen LogP contribution < -0.4 is 10.6 Å². The molecule has 0 aliphatic carbocycles. The van der Waals surface area contributed by atoms with Crippen molar-refractivity contribution in [1.29, 1.82) is 0 Å². The number of nitrogens with zero attached hydrogens (tertiary/aromatic N) is 1. The molecule has 0 spiro atoms. The van der Waals surface area contributed by atoms with Crippen LogP contribution in [0.1, 0.15) is 43.9 Å². The molecule has 90 valence electrons. The van der Waals surface area contributed by atoms with Crippen molar-refractivity contribution in [2.75, 3.05) is 13.6 Å². The second kappa shape index (κ2) is 5.46. The van der Waals surface area contributed by atoms with Crippen molar-refractivity contribution in [2.45, 2.75) is 44.7 Å². The molecule has 0 amide bonds. The highest BCUT2D eigenvalue weighted by Crippen LogP contribution is 2.16. The first kappa shape index (κ1) is 11.6.